The molecule has 1 nitrogen and oxygen atoms in total. The summed E-state index contributed by atoms with van der Waals surface area (Å²) in [7, 11) is 0. The van der Waals surface area contributed by atoms with Crippen LogP contribution in [0.5, 0.6) is 0 Å². The lowest BCUT2D eigenvalue weighted by Gasteiger charge is -1.90. The molecule has 10 heavy (non-hydrogen) atoms. The fourth-order valence-electron chi connectivity index (χ4n) is 0.765. The molecule has 0 amide bonds. The first-order valence-electron chi connectivity index (χ1n) is 4.40. The molecule has 0 atom stereocenters. The van der Waals surface area contributed by atoms with E-state index in [1.807, 2.05) is 0 Å². The minimum atomic E-state index is 1.04. The first-order chi connectivity index (χ1) is 4.91. The molecule has 0 aromatic carbocycles. The smallest absolute Gasteiger partial charge is 0.0385 e. The Kier molecular flexibility index (Phi) is 8.38. The van der Waals surface area contributed by atoms with E-state index in [0.29, 0.717) is 0 Å². The standard InChI is InChI=1S/C9H19N/c1-3-5-7-9-10-8-6-4-2/h8H,3-7,9H2,1-2H3. The monoisotopic (exact) mass is 141 g/mol. The molecule has 0 bridgehead atoms. The van der Waals surface area contributed by atoms with Crippen molar-refractivity contribution >= 4 is 6.21 Å². The van der Waals surface area contributed by atoms with Crippen molar-refractivity contribution in [3.63, 3.8) is 0 Å². The molecule has 1 heteroatoms. The number of unbranched alkanes of at least 4 members (excludes halogenated alkanes) is 3. The predicted molar refractivity (Wildman–Crippen MR) is 47.8 cm³/mol. The van der Waals surface area contributed by atoms with Crippen LogP contribution in [0.4, 0.5) is 0 Å². The molecule has 0 aliphatic carbocycles. The lowest BCUT2D eigenvalue weighted by atomic mass is 10.2. The van der Waals surface area contributed by atoms with E-state index in [1.165, 1.54) is 25.7 Å². The molecule has 0 aliphatic rings. The van der Waals surface area contributed by atoms with Gasteiger partial charge in [0.1, 0.15) is 0 Å². The van der Waals surface area contributed by atoms with Gasteiger partial charge in [0.25, 0.3) is 0 Å². The molecule has 60 valence electrons. The fourth-order valence-corrected chi connectivity index (χ4v) is 0.765. The third kappa shape index (κ3) is 7.67. The molecular weight excluding hydrogens is 122 g/mol. The number of hydrogen-bond acceptors (Lipinski definition) is 1. The molecule has 0 fully saturated rings. The Balaban J connectivity index is 2.88. The highest BCUT2D eigenvalue weighted by Gasteiger charge is 1.80. The van der Waals surface area contributed by atoms with E-state index in [4.69, 9.17) is 0 Å². The second kappa shape index (κ2) is 8.67. The highest BCUT2D eigenvalue weighted by atomic mass is 14.7. The zero-order valence-electron chi connectivity index (χ0n) is 7.27. The number of nitrogens with zero attached hydrogens (tertiary/aromatic N) is 1. The van der Waals surface area contributed by atoms with Gasteiger partial charge in [0.05, 0.1) is 0 Å². The van der Waals surface area contributed by atoms with Crippen LogP contribution >= 0.6 is 0 Å². The van der Waals surface area contributed by atoms with Crippen LogP contribution in [0.3, 0.4) is 0 Å². The molecule has 0 rings (SSSR count). The van der Waals surface area contributed by atoms with Crippen LogP contribution in [-0.4, -0.2) is 12.8 Å². The van der Waals surface area contributed by atoms with Gasteiger partial charge in [-0.15, -0.1) is 0 Å². The van der Waals surface area contributed by atoms with Gasteiger partial charge in [-0.25, -0.2) is 0 Å². The normalized spacial score (nSPS) is 11.0. The van der Waals surface area contributed by atoms with E-state index in [2.05, 4.69) is 25.1 Å². The summed E-state index contributed by atoms with van der Waals surface area (Å²) >= 11 is 0. The Morgan fingerprint density at radius 1 is 1.10 bits per heavy atom. The van der Waals surface area contributed by atoms with Crippen molar-refractivity contribution in [1.29, 1.82) is 0 Å². The maximum Gasteiger partial charge on any atom is 0.0385 e. The summed E-state index contributed by atoms with van der Waals surface area (Å²) in [5.74, 6) is 0. The van der Waals surface area contributed by atoms with Crippen molar-refractivity contribution in [2.75, 3.05) is 6.54 Å². The Morgan fingerprint density at radius 3 is 2.50 bits per heavy atom. The van der Waals surface area contributed by atoms with Gasteiger partial charge < -0.3 is 0 Å². The number of rotatable bonds is 6. The molecule has 0 heterocycles. The Bertz CT molecular complexity index is 76.8. The molecule has 0 aromatic heterocycles. The molecular formula is C9H19N. The van der Waals surface area contributed by atoms with E-state index >= 15 is 0 Å². The Hall–Kier alpha value is -0.330. The summed E-state index contributed by atoms with van der Waals surface area (Å²) in [5.41, 5.74) is 0. The average molecular weight is 141 g/mol. The van der Waals surface area contributed by atoms with Gasteiger partial charge in [-0.3, -0.25) is 4.99 Å². The van der Waals surface area contributed by atoms with Crippen molar-refractivity contribution in [1.82, 2.24) is 0 Å². The molecule has 0 saturated heterocycles. The molecule has 0 radical (unpaired) electrons. The van der Waals surface area contributed by atoms with Crippen molar-refractivity contribution in [3.8, 4) is 0 Å². The predicted octanol–water partition coefficient (Wildman–Crippen LogP) is 3.05. The zero-order chi connectivity index (χ0) is 7.66. The molecule has 0 spiro atoms. The summed E-state index contributed by atoms with van der Waals surface area (Å²) in [4.78, 5) is 4.27. The van der Waals surface area contributed by atoms with Crippen molar-refractivity contribution < 1.29 is 0 Å². The quantitative estimate of drug-likeness (QED) is 0.398. The Labute approximate surface area is 64.6 Å². The highest BCUT2D eigenvalue weighted by Crippen LogP contribution is 1.93. The SMILES string of the molecule is CCCC=NCCCCC. The topological polar surface area (TPSA) is 12.4 Å². The minimum Gasteiger partial charge on any atom is -0.298 e. The fraction of sp³-hybridized carbons (Fsp3) is 0.889. The number of aliphatic imine (C=N–C) groups is 1. The molecule has 0 aliphatic heterocycles. The van der Waals surface area contributed by atoms with Crippen LogP contribution in [0.15, 0.2) is 4.99 Å². The number of hydrogen-bond donors (Lipinski definition) is 0. The second-order valence-electron chi connectivity index (χ2n) is 2.58. The molecule has 0 aromatic rings. The highest BCUT2D eigenvalue weighted by molar-refractivity contribution is 5.56. The van der Waals surface area contributed by atoms with E-state index in [0.717, 1.165) is 13.0 Å². The minimum absolute atomic E-state index is 1.04. The first-order valence-corrected chi connectivity index (χ1v) is 4.40. The summed E-state index contributed by atoms with van der Waals surface area (Å²) < 4.78 is 0. The lowest BCUT2D eigenvalue weighted by Crippen LogP contribution is -1.81. The molecule has 0 unspecified atom stereocenters. The van der Waals surface area contributed by atoms with Crippen LogP contribution in [0, 0.1) is 0 Å². The first kappa shape index (κ1) is 9.67. The van der Waals surface area contributed by atoms with Gasteiger partial charge in [0, 0.05) is 6.54 Å². The largest absolute Gasteiger partial charge is 0.298 e. The summed E-state index contributed by atoms with van der Waals surface area (Å²) in [5, 5.41) is 0. The maximum absolute atomic E-state index is 4.27. The van der Waals surface area contributed by atoms with Gasteiger partial charge in [-0.1, -0.05) is 33.1 Å². The summed E-state index contributed by atoms with van der Waals surface area (Å²) in [6.07, 6.45) is 8.29. The Morgan fingerprint density at radius 2 is 1.90 bits per heavy atom. The van der Waals surface area contributed by atoms with Gasteiger partial charge in [-0.2, -0.15) is 0 Å². The van der Waals surface area contributed by atoms with Crippen LogP contribution in [0.2, 0.25) is 0 Å². The molecule has 0 saturated carbocycles. The van der Waals surface area contributed by atoms with Crippen molar-refractivity contribution in [2.24, 2.45) is 4.99 Å². The van der Waals surface area contributed by atoms with Gasteiger partial charge >= 0.3 is 0 Å². The van der Waals surface area contributed by atoms with Gasteiger partial charge in [0.2, 0.25) is 0 Å². The zero-order valence-corrected chi connectivity index (χ0v) is 7.27. The van der Waals surface area contributed by atoms with Crippen molar-refractivity contribution in [3.05, 3.63) is 0 Å². The lowest BCUT2D eigenvalue weighted by molar-refractivity contribution is 0.728. The maximum atomic E-state index is 4.27. The van der Waals surface area contributed by atoms with E-state index in [1.54, 1.807) is 0 Å². The van der Waals surface area contributed by atoms with Crippen LogP contribution in [-0.2, 0) is 0 Å². The van der Waals surface area contributed by atoms with E-state index < -0.39 is 0 Å². The third-order valence-corrected chi connectivity index (χ3v) is 1.44. The van der Waals surface area contributed by atoms with Crippen LogP contribution in [0.25, 0.3) is 0 Å². The third-order valence-electron chi connectivity index (χ3n) is 1.44. The van der Waals surface area contributed by atoms with Gasteiger partial charge in [-0.05, 0) is 19.1 Å². The van der Waals surface area contributed by atoms with Crippen molar-refractivity contribution in [2.45, 2.75) is 46.0 Å². The average Bonchev–Trinajstić information content (AvgIpc) is 1.97. The van der Waals surface area contributed by atoms with Gasteiger partial charge in [0.15, 0.2) is 0 Å². The van der Waals surface area contributed by atoms with Crippen LogP contribution < -0.4 is 0 Å². The summed E-state index contributed by atoms with van der Waals surface area (Å²) in [6, 6.07) is 0. The van der Waals surface area contributed by atoms with E-state index in [-0.39, 0.29) is 0 Å². The van der Waals surface area contributed by atoms with Crippen LogP contribution in [0.1, 0.15) is 46.0 Å². The summed E-state index contributed by atoms with van der Waals surface area (Å²) in [6.45, 7) is 5.43. The van der Waals surface area contributed by atoms with E-state index in [9.17, 15) is 0 Å². The second-order valence-corrected chi connectivity index (χ2v) is 2.58. The molecule has 0 N–H and O–H groups in total.